The number of nitrogens with zero attached hydrogens (tertiary/aromatic N) is 1. The molecule has 0 aliphatic heterocycles. The summed E-state index contributed by atoms with van der Waals surface area (Å²) < 4.78 is 5.28. The molecule has 0 atom stereocenters. The molecular weight excluding hydrogens is 679 g/mol. The van der Waals surface area contributed by atoms with E-state index in [2.05, 4.69) is 193 Å². The molecule has 0 N–H and O–H groups in total. The molecule has 0 bridgehead atoms. The van der Waals surface area contributed by atoms with Gasteiger partial charge >= 0.3 is 0 Å². The van der Waals surface area contributed by atoms with Crippen molar-refractivity contribution in [3.05, 3.63) is 188 Å². The summed E-state index contributed by atoms with van der Waals surface area (Å²) in [5.41, 5.74) is 8.40. The molecule has 0 aliphatic rings. The van der Waals surface area contributed by atoms with Crippen LogP contribution in [0.2, 0.25) is 0 Å². The lowest BCUT2D eigenvalue weighted by Crippen LogP contribution is -2.10. The van der Waals surface area contributed by atoms with Crippen LogP contribution in [-0.2, 0) is 0 Å². The first-order valence-electron chi connectivity index (χ1n) is 18.0. The van der Waals surface area contributed by atoms with Gasteiger partial charge in [-0.3, -0.25) is 0 Å². The topological polar surface area (TPSA) is 3.24 Å². The Kier molecular flexibility index (Phi) is 6.97. The van der Waals surface area contributed by atoms with Gasteiger partial charge in [-0.1, -0.05) is 146 Å². The van der Waals surface area contributed by atoms with Gasteiger partial charge in [0.15, 0.2) is 0 Å². The zero-order chi connectivity index (χ0) is 34.9. The van der Waals surface area contributed by atoms with Crippen LogP contribution in [0.15, 0.2) is 188 Å². The molecule has 248 valence electrons. The summed E-state index contributed by atoms with van der Waals surface area (Å²) in [6, 6.07) is 69.1. The van der Waals surface area contributed by atoms with E-state index in [9.17, 15) is 0 Å². The Bertz CT molecular complexity index is 3160. The zero-order valence-corrected chi connectivity index (χ0v) is 30.3. The average Bonchev–Trinajstić information content (AvgIpc) is 3.81. The van der Waals surface area contributed by atoms with Crippen LogP contribution >= 0.6 is 22.7 Å². The van der Waals surface area contributed by atoms with Crippen molar-refractivity contribution in [3.8, 4) is 22.3 Å². The third kappa shape index (κ3) is 4.89. The van der Waals surface area contributed by atoms with Gasteiger partial charge in [-0.2, -0.15) is 0 Å². The summed E-state index contributed by atoms with van der Waals surface area (Å²) in [7, 11) is 0. The van der Waals surface area contributed by atoms with Gasteiger partial charge in [0.1, 0.15) is 0 Å². The van der Waals surface area contributed by atoms with E-state index < -0.39 is 0 Å². The molecule has 0 aliphatic carbocycles. The Morgan fingerprint density at radius 2 is 0.868 bits per heavy atom. The van der Waals surface area contributed by atoms with Gasteiger partial charge in [0.25, 0.3) is 0 Å². The van der Waals surface area contributed by atoms with Crippen molar-refractivity contribution in [1.82, 2.24) is 0 Å². The highest BCUT2D eigenvalue weighted by Crippen LogP contribution is 2.47. The van der Waals surface area contributed by atoms with Gasteiger partial charge in [-0.15, -0.1) is 22.7 Å². The highest BCUT2D eigenvalue weighted by Gasteiger charge is 2.19. The van der Waals surface area contributed by atoms with E-state index in [1.54, 1.807) is 0 Å². The Hall–Kier alpha value is -6.26. The Balaban J connectivity index is 1.06. The van der Waals surface area contributed by atoms with Crippen LogP contribution < -0.4 is 4.90 Å². The van der Waals surface area contributed by atoms with Gasteiger partial charge in [-0.25, -0.2) is 0 Å². The summed E-state index contributed by atoms with van der Waals surface area (Å²) >= 11 is 3.77. The lowest BCUT2D eigenvalue weighted by atomic mass is 9.97. The summed E-state index contributed by atoms with van der Waals surface area (Å²) in [5, 5.41) is 10.4. The van der Waals surface area contributed by atoms with Crippen molar-refractivity contribution < 1.29 is 0 Å². The van der Waals surface area contributed by atoms with Crippen LogP contribution in [0.1, 0.15) is 0 Å². The van der Waals surface area contributed by atoms with Crippen LogP contribution in [0.3, 0.4) is 0 Å². The summed E-state index contributed by atoms with van der Waals surface area (Å²) in [6.07, 6.45) is 0. The molecule has 11 rings (SSSR count). The van der Waals surface area contributed by atoms with Gasteiger partial charge < -0.3 is 4.90 Å². The molecule has 9 aromatic carbocycles. The molecule has 3 heteroatoms. The van der Waals surface area contributed by atoms with Crippen molar-refractivity contribution in [1.29, 1.82) is 0 Å². The van der Waals surface area contributed by atoms with E-state index >= 15 is 0 Å². The third-order valence-corrected chi connectivity index (χ3v) is 13.1. The van der Waals surface area contributed by atoms with Crippen molar-refractivity contribution >= 4 is 102 Å². The first-order valence-corrected chi connectivity index (χ1v) is 19.6. The maximum Gasteiger partial charge on any atom is 0.0640 e. The monoisotopic (exact) mass is 709 g/mol. The van der Waals surface area contributed by atoms with E-state index in [4.69, 9.17) is 0 Å². The second kappa shape index (κ2) is 12.2. The summed E-state index contributed by atoms with van der Waals surface area (Å²) in [4.78, 5) is 2.43. The minimum absolute atomic E-state index is 1.13. The predicted octanol–water partition coefficient (Wildman–Crippen LogP) is 15.5. The molecule has 2 aromatic heterocycles. The molecular formula is C50H31NS2. The number of hydrogen-bond acceptors (Lipinski definition) is 3. The van der Waals surface area contributed by atoms with Crippen LogP contribution in [0.25, 0.3) is 84.1 Å². The molecule has 11 aromatic rings. The maximum atomic E-state index is 2.43. The smallest absolute Gasteiger partial charge is 0.0640 e. The van der Waals surface area contributed by atoms with Gasteiger partial charge in [0.05, 0.1) is 10.4 Å². The van der Waals surface area contributed by atoms with Gasteiger partial charge in [0.2, 0.25) is 0 Å². The minimum Gasteiger partial charge on any atom is -0.309 e. The second-order valence-corrected chi connectivity index (χ2v) is 15.8. The van der Waals surface area contributed by atoms with Crippen LogP contribution in [-0.4, -0.2) is 0 Å². The number of fused-ring (bicyclic) bond motifs is 9. The molecule has 0 unspecified atom stereocenters. The summed E-state index contributed by atoms with van der Waals surface area (Å²) in [5.74, 6) is 0. The number of anilines is 3. The average molecular weight is 710 g/mol. The lowest BCUT2D eigenvalue weighted by Gasteiger charge is -2.26. The molecule has 0 saturated heterocycles. The normalized spacial score (nSPS) is 11.8. The van der Waals surface area contributed by atoms with Crippen LogP contribution in [0.5, 0.6) is 0 Å². The van der Waals surface area contributed by atoms with Crippen LogP contribution in [0, 0.1) is 0 Å². The molecule has 0 radical (unpaired) electrons. The molecule has 0 amide bonds. The van der Waals surface area contributed by atoms with E-state index in [1.165, 1.54) is 89.8 Å². The first-order chi connectivity index (χ1) is 26.3. The fraction of sp³-hybridized carbons (Fsp3) is 0. The zero-order valence-electron chi connectivity index (χ0n) is 28.7. The largest absolute Gasteiger partial charge is 0.309 e. The number of benzene rings is 9. The van der Waals surface area contributed by atoms with Gasteiger partial charge in [-0.05, 0) is 86.3 Å². The fourth-order valence-corrected chi connectivity index (χ4v) is 10.7. The molecule has 0 spiro atoms. The molecule has 2 heterocycles. The SMILES string of the molecule is c1ccc2c(-c3ccc(N(c4ccc(-c5cccc6sc7c8ccccc8ccc7c56)cc4)c4cccc5c4sc4ccccc45)cc3)cccc2c1. The van der Waals surface area contributed by atoms with Crippen molar-refractivity contribution in [2.45, 2.75) is 0 Å². The third-order valence-electron chi connectivity index (χ3n) is 10.7. The molecule has 53 heavy (non-hydrogen) atoms. The number of rotatable bonds is 5. The fourth-order valence-electron chi connectivity index (χ4n) is 8.19. The molecule has 1 nitrogen and oxygen atoms in total. The van der Waals surface area contributed by atoms with Crippen molar-refractivity contribution in [3.63, 3.8) is 0 Å². The highest BCUT2D eigenvalue weighted by atomic mass is 32.1. The lowest BCUT2D eigenvalue weighted by molar-refractivity contribution is 1.30. The van der Waals surface area contributed by atoms with E-state index in [0.29, 0.717) is 0 Å². The van der Waals surface area contributed by atoms with Crippen molar-refractivity contribution in [2.75, 3.05) is 4.90 Å². The predicted molar refractivity (Wildman–Crippen MR) is 233 cm³/mol. The quantitative estimate of drug-likeness (QED) is 0.172. The second-order valence-electron chi connectivity index (χ2n) is 13.7. The van der Waals surface area contributed by atoms with E-state index in [-0.39, 0.29) is 0 Å². The molecule has 0 saturated carbocycles. The molecule has 0 fully saturated rings. The number of thiophene rings is 2. The van der Waals surface area contributed by atoms with Crippen LogP contribution in [0.4, 0.5) is 17.1 Å². The Morgan fingerprint density at radius 3 is 1.66 bits per heavy atom. The van der Waals surface area contributed by atoms with E-state index in [0.717, 1.165) is 11.4 Å². The van der Waals surface area contributed by atoms with Gasteiger partial charge in [0, 0.05) is 47.0 Å². The highest BCUT2D eigenvalue weighted by molar-refractivity contribution is 7.27. The Morgan fingerprint density at radius 1 is 0.321 bits per heavy atom. The first kappa shape index (κ1) is 30.4. The minimum atomic E-state index is 1.13. The Labute approximate surface area is 315 Å². The maximum absolute atomic E-state index is 2.43. The van der Waals surface area contributed by atoms with Crippen molar-refractivity contribution in [2.24, 2.45) is 0 Å². The standard InChI is InChI=1S/C50H31NS2/c1-3-13-38-32(10-1)12-7-16-39(38)34-22-27-36(28-23-34)51(45-19-8-18-43-42-15-5-6-20-46(42)52-50(43)45)37-29-24-35(25-30-37)40-17-9-21-47-48(40)44-31-26-33-11-2-4-14-41(33)49(44)53-47/h1-31H. The summed E-state index contributed by atoms with van der Waals surface area (Å²) in [6.45, 7) is 0. The number of hydrogen-bond donors (Lipinski definition) is 0. The van der Waals surface area contributed by atoms with E-state index in [1.807, 2.05) is 22.7 Å².